The Bertz CT molecular complexity index is 1070. The number of nitrogens with one attached hydrogen (secondary N) is 1. The molecule has 1 aliphatic rings. The molecule has 4 amide bonds. The van der Waals surface area contributed by atoms with Crippen LogP contribution < -0.4 is 19.7 Å². The van der Waals surface area contributed by atoms with Crippen LogP contribution in [-0.4, -0.2) is 36.7 Å². The van der Waals surface area contributed by atoms with Gasteiger partial charge in [-0.15, -0.1) is 6.58 Å². The molecule has 8 nitrogen and oxygen atoms in total. The molecular formula is C23H22N2O6. The number of imide groups is 2. The van der Waals surface area contributed by atoms with E-state index in [0.29, 0.717) is 30.1 Å². The topological polar surface area (TPSA) is 105 Å². The SMILES string of the molecule is C=CCc1cc(/C=C2\C(=O)NC(=O)N(c3ccc(O)cc3)C2=O)cc(OCC)c1OC. The van der Waals surface area contributed by atoms with Crippen molar-refractivity contribution in [1.29, 1.82) is 0 Å². The van der Waals surface area contributed by atoms with Gasteiger partial charge < -0.3 is 14.6 Å². The monoisotopic (exact) mass is 422 g/mol. The Kier molecular flexibility index (Phi) is 6.40. The molecule has 1 saturated heterocycles. The van der Waals surface area contributed by atoms with Gasteiger partial charge in [-0.3, -0.25) is 14.9 Å². The Balaban J connectivity index is 2.07. The smallest absolute Gasteiger partial charge is 0.335 e. The van der Waals surface area contributed by atoms with Gasteiger partial charge in [-0.25, -0.2) is 9.69 Å². The molecule has 0 atom stereocenters. The highest BCUT2D eigenvalue weighted by Crippen LogP contribution is 2.34. The number of hydrogen-bond donors (Lipinski definition) is 2. The number of aromatic hydroxyl groups is 1. The summed E-state index contributed by atoms with van der Waals surface area (Å²) in [6.45, 7) is 5.97. The lowest BCUT2D eigenvalue weighted by molar-refractivity contribution is -0.122. The van der Waals surface area contributed by atoms with Crippen molar-refractivity contribution in [3.63, 3.8) is 0 Å². The minimum Gasteiger partial charge on any atom is -0.508 e. The number of rotatable bonds is 7. The number of urea groups is 1. The molecule has 160 valence electrons. The zero-order valence-electron chi connectivity index (χ0n) is 17.2. The number of hydrogen-bond acceptors (Lipinski definition) is 6. The zero-order valence-corrected chi connectivity index (χ0v) is 17.2. The minimum atomic E-state index is -0.866. The van der Waals surface area contributed by atoms with Crippen LogP contribution in [-0.2, 0) is 16.0 Å². The lowest BCUT2D eigenvalue weighted by Gasteiger charge is -2.26. The predicted molar refractivity (Wildman–Crippen MR) is 115 cm³/mol. The Morgan fingerprint density at radius 1 is 1.16 bits per heavy atom. The Morgan fingerprint density at radius 2 is 1.87 bits per heavy atom. The van der Waals surface area contributed by atoms with Crippen LogP contribution in [0, 0.1) is 0 Å². The molecule has 1 fully saturated rings. The first-order chi connectivity index (χ1) is 14.9. The normalized spacial score (nSPS) is 15.1. The molecule has 0 aliphatic carbocycles. The summed E-state index contributed by atoms with van der Waals surface area (Å²) in [5, 5.41) is 11.6. The fraction of sp³-hybridized carbons (Fsp3) is 0.174. The van der Waals surface area contributed by atoms with Crippen LogP contribution in [0.1, 0.15) is 18.1 Å². The molecule has 0 unspecified atom stereocenters. The summed E-state index contributed by atoms with van der Waals surface area (Å²) in [7, 11) is 1.53. The largest absolute Gasteiger partial charge is 0.508 e. The summed E-state index contributed by atoms with van der Waals surface area (Å²) in [5.41, 5.74) is 1.30. The number of amides is 4. The number of barbiturate groups is 1. The summed E-state index contributed by atoms with van der Waals surface area (Å²) < 4.78 is 11.1. The van der Waals surface area contributed by atoms with E-state index in [1.165, 1.54) is 37.5 Å². The van der Waals surface area contributed by atoms with Crippen LogP contribution in [0.5, 0.6) is 17.2 Å². The van der Waals surface area contributed by atoms with Crippen LogP contribution in [0.3, 0.4) is 0 Å². The zero-order chi connectivity index (χ0) is 22.5. The van der Waals surface area contributed by atoms with Crippen molar-refractivity contribution in [3.05, 3.63) is 65.8 Å². The highest BCUT2D eigenvalue weighted by Gasteiger charge is 2.36. The quantitative estimate of drug-likeness (QED) is 0.403. The summed E-state index contributed by atoms with van der Waals surface area (Å²) >= 11 is 0. The number of allylic oxidation sites excluding steroid dienone is 1. The molecule has 31 heavy (non-hydrogen) atoms. The van der Waals surface area contributed by atoms with Crippen molar-refractivity contribution in [3.8, 4) is 17.2 Å². The average Bonchev–Trinajstić information content (AvgIpc) is 2.73. The van der Waals surface area contributed by atoms with E-state index in [4.69, 9.17) is 9.47 Å². The summed E-state index contributed by atoms with van der Waals surface area (Å²) in [6, 6.07) is 8.05. The number of methoxy groups -OCH3 is 1. The molecule has 1 heterocycles. The third-order valence-electron chi connectivity index (χ3n) is 4.54. The van der Waals surface area contributed by atoms with Gasteiger partial charge in [-0.2, -0.15) is 0 Å². The molecule has 8 heteroatoms. The standard InChI is InChI=1S/C23H22N2O6/c1-4-6-15-11-14(13-19(31-5-2)20(15)30-3)12-18-21(27)24-23(29)25(22(18)28)16-7-9-17(26)10-8-16/h4,7-13,26H,1,5-6H2,2-3H3,(H,24,27,29)/b18-12+. The summed E-state index contributed by atoms with van der Waals surface area (Å²) in [4.78, 5) is 38.6. The summed E-state index contributed by atoms with van der Waals surface area (Å²) in [5.74, 6) is -0.588. The molecule has 2 aromatic rings. The minimum absolute atomic E-state index is 0.0168. The van der Waals surface area contributed by atoms with Gasteiger partial charge in [0.05, 0.1) is 19.4 Å². The van der Waals surface area contributed by atoms with Gasteiger partial charge in [0, 0.05) is 5.56 Å². The van der Waals surface area contributed by atoms with E-state index in [1.807, 2.05) is 6.92 Å². The molecule has 0 spiro atoms. The third-order valence-corrected chi connectivity index (χ3v) is 4.54. The number of phenolic OH excluding ortho intramolecular Hbond substituents is 1. The highest BCUT2D eigenvalue weighted by atomic mass is 16.5. The second-order valence-corrected chi connectivity index (χ2v) is 6.61. The second-order valence-electron chi connectivity index (χ2n) is 6.61. The van der Waals surface area contributed by atoms with Gasteiger partial charge in [-0.05, 0) is 61.4 Å². The van der Waals surface area contributed by atoms with E-state index in [1.54, 1.807) is 18.2 Å². The van der Waals surface area contributed by atoms with Gasteiger partial charge in [0.15, 0.2) is 11.5 Å². The lowest BCUT2D eigenvalue weighted by Crippen LogP contribution is -2.54. The van der Waals surface area contributed by atoms with E-state index < -0.39 is 17.8 Å². The molecule has 0 aromatic heterocycles. The van der Waals surface area contributed by atoms with Crippen LogP contribution in [0.4, 0.5) is 10.5 Å². The third kappa shape index (κ3) is 4.42. The van der Waals surface area contributed by atoms with Crippen LogP contribution in [0.15, 0.2) is 54.6 Å². The molecule has 2 N–H and O–H groups in total. The Morgan fingerprint density at radius 3 is 2.48 bits per heavy atom. The average molecular weight is 422 g/mol. The van der Waals surface area contributed by atoms with Crippen molar-refractivity contribution in [1.82, 2.24) is 5.32 Å². The van der Waals surface area contributed by atoms with Crippen molar-refractivity contribution in [2.75, 3.05) is 18.6 Å². The van der Waals surface area contributed by atoms with E-state index in [-0.39, 0.29) is 17.0 Å². The maximum atomic E-state index is 13.0. The molecule has 0 saturated carbocycles. The molecule has 0 radical (unpaired) electrons. The number of ether oxygens (including phenoxy) is 2. The number of anilines is 1. The number of nitrogens with zero attached hydrogens (tertiary/aromatic N) is 1. The molecule has 0 bridgehead atoms. The van der Waals surface area contributed by atoms with Gasteiger partial charge in [0.25, 0.3) is 11.8 Å². The number of benzene rings is 2. The van der Waals surface area contributed by atoms with Crippen LogP contribution in [0.2, 0.25) is 0 Å². The van der Waals surface area contributed by atoms with E-state index in [0.717, 1.165) is 10.5 Å². The number of phenols is 1. The van der Waals surface area contributed by atoms with Crippen molar-refractivity contribution < 1.29 is 29.0 Å². The second kappa shape index (κ2) is 9.17. The summed E-state index contributed by atoms with van der Waals surface area (Å²) in [6.07, 6.45) is 3.58. The molecule has 3 rings (SSSR count). The van der Waals surface area contributed by atoms with Gasteiger partial charge >= 0.3 is 6.03 Å². The molecule has 2 aromatic carbocycles. The first kappa shape index (κ1) is 21.6. The molecular weight excluding hydrogens is 400 g/mol. The van der Waals surface area contributed by atoms with Gasteiger partial charge in [0.1, 0.15) is 11.3 Å². The fourth-order valence-corrected chi connectivity index (χ4v) is 3.23. The van der Waals surface area contributed by atoms with Crippen molar-refractivity contribution >= 4 is 29.6 Å². The fourth-order valence-electron chi connectivity index (χ4n) is 3.23. The maximum Gasteiger partial charge on any atom is 0.335 e. The highest BCUT2D eigenvalue weighted by molar-refractivity contribution is 6.39. The predicted octanol–water partition coefficient (Wildman–Crippen LogP) is 3.19. The van der Waals surface area contributed by atoms with Gasteiger partial charge in [0.2, 0.25) is 0 Å². The maximum absolute atomic E-state index is 13.0. The van der Waals surface area contributed by atoms with Crippen molar-refractivity contribution in [2.24, 2.45) is 0 Å². The first-order valence-electron chi connectivity index (χ1n) is 9.54. The lowest BCUT2D eigenvalue weighted by atomic mass is 10.0. The van der Waals surface area contributed by atoms with Crippen molar-refractivity contribution in [2.45, 2.75) is 13.3 Å². The van der Waals surface area contributed by atoms with Crippen LogP contribution in [0.25, 0.3) is 6.08 Å². The Hall–Kier alpha value is -4.07. The molecule has 1 aliphatic heterocycles. The van der Waals surface area contributed by atoms with E-state index in [2.05, 4.69) is 11.9 Å². The number of carbonyl (C=O) groups is 3. The first-order valence-corrected chi connectivity index (χ1v) is 9.54. The van der Waals surface area contributed by atoms with Gasteiger partial charge in [-0.1, -0.05) is 6.08 Å². The number of carbonyl (C=O) groups excluding carboxylic acids is 3. The van der Waals surface area contributed by atoms with Crippen LogP contribution >= 0.6 is 0 Å². The van der Waals surface area contributed by atoms with E-state index in [9.17, 15) is 19.5 Å². The van der Waals surface area contributed by atoms with E-state index >= 15 is 0 Å². The Labute approximate surface area is 179 Å².